The van der Waals surface area contributed by atoms with E-state index in [1.165, 1.54) is 16.7 Å². The lowest BCUT2D eigenvalue weighted by Gasteiger charge is -2.27. The van der Waals surface area contributed by atoms with Crippen LogP contribution in [0.2, 0.25) is 0 Å². The van der Waals surface area contributed by atoms with Gasteiger partial charge in [0.15, 0.2) is 0 Å². The Morgan fingerprint density at radius 1 is 0.857 bits per heavy atom. The minimum atomic E-state index is -0.337. The molecule has 1 aliphatic rings. The van der Waals surface area contributed by atoms with Crippen molar-refractivity contribution < 1.29 is 9.53 Å². The van der Waals surface area contributed by atoms with Crippen LogP contribution in [0.25, 0.3) is 11.1 Å². The molecule has 4 rings (SSSR count). The maximum Gasteiger partial charge on any atom is 0.224 e. The van der Waals surface area contributed by atoms with Crippen LogP contribution in [0, 0.1) is 0 Å². The summed E-state index contributed by atoms with van der Waals surface area (Å²) >= 11 is 0. The van der Waals surface area contributed by atoms with Gasteiger partial charge in [-0.05, 0) is 27.8 Å². The maximum atomic E-state index is 12.5. The summed E-state index contributed by atoms with van der Waals surface area (Å²) in [6.07, 6.45) is 2.05. The highest BCUT2D eigenvalue weighted by Gasteiger charge is 2.37. The summed E-state index contributed by atoms with van der Waals surface area (Å²) in [5.74, 6) is 0.0276. The molecule has 142 valence electrons. The molecule has 0 fully saturated rings. The number of hydrogen-bond acceptors (Lipinski definition) is 2. The van der Waals surface area contributed by atoms with E-state index >= 15 is 0 Å². The summed E-state index contributed by atoms with van der Waals surface area (Å²) in [5.41, 5.74) is 5.65. The molecule has 0 unspecified atom stereocenters. The molecule has 0 heterocycles. The Morgan fingerprint density at radius 3 is 2.04 bits per heavy atom. The minimum absolute atomic E-state index is 0.0276. The van der Waals surface area contributed by atoms with E-state index in [4.69, 9.17) is 4.74 Å². The van der Waals surface area contributed by atoms with Gasteiger partial charge in [-0.1, -0.05) is 78.9 Å². The monoisotopic (exact) mass is 371 g/mol. The molecule has 1 aliphatic carbocycles. The lowest BCUT2D eigenvalue weighted by atomic mass is 9.99. The number of methoxy groups -OCH3 is 1. The fraction of sp³-hybridized carbons (Fsp3) is 0.240. The first kappa shape index (κ1) is 18.5. The van der Waals surface area contributed by atoms with Crippen LogP contribution in [0.5, 0.6) is 0 Å². The van der Waals surface area contributed by atoms with Crippen molar-refractivity contribution in [1.29, 1.82) is 0 Å². The van der Waals surface area contributed by atoms with Crippen molar-refractivity contribution in [3.63, 3.8) is 0 Å². The molecule has 28 heavy (non-hydrogen) atoms. The maximum absolute atomic E-state index is 12.5. The molecule has 0 radical (unpaired) electrons. The number of carbonyl (C=O) groups is 1. The van der Waals surface area contributed by atoms with Gasteiger partial charge >= 0.3 is 0 Å². The van der Waals surface area contributed by atoms with Gasteiger partial charge in [0.25, 0.3) is 0 Å². The number of hydrogen-bond donors (Lipinski definition) is 1. The molecule has 3 nitrogen and oxygen atoms in total. The van der Waals surface area contributed by atoms with Crippen molar-refractivity contribution in [3.8, 4) is 11.1 Å². The van der Waals surface area contributed by atoms with Crippen molar-refractivity contribution in [1.82, 2.24) is 5.32 Å². The van der Waals surface area contributed by atoms with Crippen LogP contribution in [0.3, 0.4) is 0 Å². The second-order valence-corrected chi connectivity index (χ2v) is 7.53. The van der Waals surface area contributed by atoms with Gasteiger partial charge in [-0.15, -0.1) is 0 Å². The van der Waals surface area contributed by atoms with Crippen LogP contribution < -0.4 is 5.32 Å². The number of nitrogens with one attached hydrogen (secondary N) is 1. The van der Waals surface area contributed by atoms with Crippen LogP contribution in [-0.2, 0) is 28.8 Å². The molecule has 0 atom stereocenters. The molecule has 0 aliphatic heterocycles. The highest BCUT2D eigenvalue weighted by molar-refractivity contribution is 5.79. The van der Waals surface area contributed by atoms with Gasteiger partial charge in [0.2, 0.25) is 5.91 Å². The minimum Gasteiger partial charge on any atom is -0.376 e. The zero-order valence-corrected chi connectivity index (χ0v) is 16.2. The zero-order chi connectivity index (χ0) is 19.4. The molecular formula is C25H25NO2. The Hall–Kier alpha value is -2.91. The predicted octanol–water partition coefficient (Wildman–Crippen LogP) is 4.20. The van der Waals surface area contributed by atoms with Crippen LogP contribution in [0.15, 0.2) is 78.9 Å². The number of carbonyl (C=O) groups excluding carboxylic acids is 1. The van der Waals surface area contributed by atoms with E-state index in [-0.39, 0.29) is 11.5 Å². The first-order valence-electron chi connectivity index (χ1n) is 9.70. The van der Waals surface area contributed by atoms with Crippen molar-refractivity contribution in [2.45, 2.75) is 24.9 Å². The Kier molecular flexibility index (Phi) is 5.27. The number of ether oxygens (including phenoxy) is 1. The Morgan fingerprint density at radius 2 is 1.43 bits per heavy atom. The normalized spacial score (nSPS) is 14.5. The van der Waals surface area contributed by atoms with Crippen LogP contribution in [0.1, 0.15) is 16.7 Å². The Balaban J connectivity index is 1.35. The SMILES string of the molecule is COC1(CNC(=O)Cc2ccc(-c3ccccc3)cc2)Cc2ccccc2C1. The van der Waals surface area contributed by atoms with Gasteiger partial charge in [0, 0.05) is 26.5 Å². The van der Waals surface area contributed by atoms with E-state index in [9.17, 15) is 4.79 Å². The van der Waals surface area contributed by atoms with E-state index in [1.54, 1.807) is 7.11 Å². The van der Waals surface area contributed by atoms with Crippen molar-refractivity contribution >= 4 is 5.91 Å². The summed E-state index contributed by atoms with van der Waals surface area (Å²) in [6.45, 7) is 0.527. The smallest absolute Gasteiger partial charge is 0.224 e. The number of rotatable bonds is 6. The summed E-state index contributed by atoms with van der Waals surface area (Å²) in [7, 11) is 1.74. The van der Waals surface area contributed by atoms with E-state index in [0.717, 1.165) is 24.0 Å². The third-order valence-corrected chi connectivity index (χ3v) is 5.61. The molecule has 3 heteroatoms. The standard InChI is InChI=1S/C25H25NO2/c1-28-25(16-22-9-5-6-10-23(22)17-25)18-26-24(27)15-19-11-13-21(14-12-19)20-7-3-2-4-8-20/h2-14H,15-18H2,1H3,(H,26,27). The van der Waals surface area contributed by atoms with E-state index in [0.29, 0.717) is 13.0 Å². The van der Waals surface area contributed by atoms with Crippen molar-refractivity contribution in [2.24, 2.45) is 0 Å². The molecular weight excluding hydrogens is 346 g/mol. The number of amides is 1. The van der Waals surface area contributed by atoms with Gasteiger partial charge in [-0.2, -0.15) is 0 Å². The van der Waals surface area contributed by atoms with Gasteiger partial charge in [-0.3, -0.25) is 4.79 Å². The van der Waals surface area contributed by atoms with Gasteiger partial charge in [-0.25, -0.2) is 0 Å². The second-order valence-electron chi connectivity index (χ2n) is 7.53. The largest absolute Gasteiger partial charge is 0.376 e. The molecule has 3 aromatic carbocycles. The Labute approximate surface area is 166 Å². The van der Waals surface area contributed by atoms with Gasteiger partial charge in [0.1, 0.15) is 0 Å². The fourth-order valence-corrected chi connectivity index (χ4v) is 3.95. The second kappa shape index (κ2) is 7.99. The zero-order valence-electron chi connectivity index (χ0n) is 16.2. The molecule has 1 amide bonds. The molecule has 3 aromatic rings. The predicted molar refractivity (Wildman–Crippen MR) is 112 cm³/mol. The van der Waals surface area contributed by atoms with Crippen molar-refractivity contribution in [3.05, 3.63) is 95.6 Å². The molecule has 0 saturated heterocycles. The van der Waals surface area contributed by atoms with Crippen LogP contribution >= 0.6 is 0 Å². The summed E-state index contributed by atoms with van der Waals surface area (Å²) < 4.78 is 5.83. The fourth-order valence-electron chi connectivity index (χ4n) is 3.95. The third kappa shape index (κ3) is 4.00. The summed E-state index contributed by atoms with van der Waals surface area (Å²) in [6, 6.07) is 26.9. The van der Waals surface area contributed by atoms with Crippen LogP contribution in [-0.4, -0.2) is 25.2 Å². The average molecular weight is 371 g/mol. The van der Waals surface area contributed by atoms with Gasteiger partial charge < -0.3 is 10.1 Å². The third-order valence-electron chi connectivity index (χ3n) is 5.61. The van der Waals surface area contributed by atoms with Gasteiger partial charge in [0.05, 0.1) is 12.0 Å². The molecule has 0 saturated carbocycles. The van der Waals surface area contributed by atoms with E-state index in [1.807, 2.05) is 30.3 Å². The lowest BCUT2D eigenvalue weighted by Crippen LogP contribution is -2.45. The lowest BCUT2D eigenvalue weighted by molar-refractivity contribution is -0.122. The molecule has 0 spiro atoms. The van der Waals surface area contributed by atoms with E-state index < -0.39 is 0 Å². The topological polar surface area (TPSA) is 38.3 Å². The van der Waals surface area contributed by atoms with Crippen LogP contribution in [0.4, 0.5) is 0 Å². The average Bonchev–Trinajstić information content (AvgIpc) is 3.13. The highest BCUT2D eigenvalue weighted by Crippen LogP contribution is 2.32. The first-order valence-corrected chi connectivity index (χ1v) is 9.70. The Bertz CT molecular complexity index is 923. The number of benzene rings is 3. The molecule has 0 bridgehead atoms. The molecule has 0 aromatic heterocycles. The summed E-state index contributed by atoms with van der Waals surface area (Å²) in [4.78, 5) is 12.5. The van der Waals surface area contributed by atoms with E-state index in [2.05, 4.69) is 53.8 Å². The van der Waals surface area contributed by atoms with Crippen molar-refractivity contribution in [2.75, 3.05) is 13.7 Å². The quantitative estimate of drug-likeness (QED) is 0.705. The summed E-state index contributed by atoms with van der Waals surface area (Å²) in [5, 5.41) is 3.08. The highest BCUT2D eigenvalue weighted by atomic mass is 16.5. The molecule has 1 N–H and O–H groups in total. The first-order chi connectivity index (χ1) is 13.7. The number of fused-ring (bicyclic) bond motifs is 1.